The summed E-state index contributed by atoms with van der Waals surface area (Å²) in [5.74, 6) is 0.572. The first kappa shape index (κ1) is 35.6. The fourth-order valence-corrected chi connectivity index (χ4v) is 10.7. The quantitative estimate of drug-likeness (QED) is 0.207. The summed E-state index contributed by atoms with van der Waals surface area (Å²) in [5.41, 5.74) is 0.655. The van der Waals surface area contributed by atoms with Crippen molar-refractivity contribution in [3.8, 4) is 0 Å². The Labute approximate surface area is 285 Å². The second kappa shape index (κ2) is 13.0. The van der Waals surface area contributed by atoms with E-state index in [4.69, 9.17) is 23.4 Å². The topological polar surface area (TPSA) is 209 Å². The minimum atomic E-state index is -1.66. The molecule has 0 aromatic carbocycles. The summed E-state index contributed by atoms with van der Waals surface area (Å²) in [7, 11) is 0. The molecule has 2 saturated heterocycles. The van der Waals surface area contributed by atoms with E-state index in [1.54, 1.807) is 13.2 Å². The van der Waals surface area contributed by atoms with Gasteiger partial charge in [0.25, 0.3) is 0 Å². The molecule has 0 unspecified atom stereocenters. The van der Waals surface area contributed by atoms with Crippen LogP contribution >= 0.6 is 0 Å². The van der Waals surface area contributed by atoms with Crippen LogP contribution in [0.15, 0.2) is 39.3 Å². The maximum atomic E-state index is 12.5. The van der Waals surface area contributed by atoms with E-state index >= 15 is 0 Å². The molecule has 0 bridgehead atoms. The zero-order valence-electron chi connectivity index (χ0n) is 28.3. The highest BCUT2D eigenvalue weighted by Gasteiger charge is 2.67. The van der Waals surface area contributed by atoms with E-state index in [1.165, 1.54) is 11.6 Å². The van der Waals surface area contributed by atoms with Gasteiger partial charge in [0, 0.05) is 11.5 Å². The Morgan fingerprint density at radius 1 is 0.837 bits per heavy atom. The minimum absolute atomic E-state index is 0.110. The number of allylic oxidation sites excluding steroid dienone is 1. The fraction of sp³-hybridized carbons (Fsp3) is 0.806. The Morgan fingerprint density at radius 2 is 1.57 bits per heavy atom. The fourth-order valence-electron chi connectivity index (χ4n) is 10.7. The number of aliphatic hydroxyl groups is 7. The zero-order chi connectivity index (χ0) is 35.0. The lowest BCUT2D eigenvalue weighted by molar-refractivity contribution is -0.357. The molecule has 49 heavy (non-hydrogen) atoms. The number of aliphatic hydroxyl groups excluding tert-OH is 6. The van der Waals surface area contributed by atoms with Crippen LogP contribution in [-0.2, 0) is 18.9 Å². The molecule has 7 N–H and O–H groups in total. The minimum Gasteiger partial charge on any atom is -0.431 e. The van der Waals surface area contributed by atoms with Crippen LogP contribution in [0.5, 0.6) is 0 Å². The lowest BCUT2D eigenvalue weighted by atomic mass is 9.45. The highest BCUT2D eigenvalue weighted by Crippen LogP contribution is 2.70. The van der Waals surface area contributed by atoms with Crippen molar-refractivity contribution in [3.05, 3.63) is 46.0 Å². The second-order valence-corrected chi connectivity index (χ2v) is 15.9. The number of fused-ring (bicyclic) bond motifs is 5. The molecule has 274 valence electrons. The summed E-state index contributed by atoms with van der Waals surface area (Å²) in [4.78, 5) is 11.6. The average molecular weight is 693 g/mol. The van der Waals surface area contributed by atoms with Crippen LogP contribution in [0.4, 0.5) is 0 Å². The molecule has 17 atom stereocenters. The van der Waals surface area contributed by atoms with Gasteiger partial charge in [-0.15, -0.1) is 0 Å². The standard InChI is InChI=1S/C36H52O13/c1-17-31(49-33-29(42)27(40)26(39)24(15-37)48-33)28(41)30(43)32(46-17)47-20-8-11-34(2)19(14-20)5-6-23-22(34)9-12-35(3)21(10-13-36(23,35)44)18-4-7-25(38)45-16-18/h4,7,14,16-17,20-24,26-33,37,39-44H,5-6,8-13,15H2,1-3H3/t17-,20-,21+,22-,23-,24+,26+,27-,28-,29+,30+,31-,32-,33-,34-,35+,36-/m0/s1. The summed E-state index contributed by atoms with van der Waals surface area (Å²) in [6.45, 7) is 5.53. The summed E-state index contributed by atoms with van der Waals surface area (Å²) in [6.07, 6.45) is -3.69. The number of hydrogen-bond acceptors (Lipinski definition) is 13. The first-order valence-corrected chi connectivity index (χ1v) is 17.9. The van der Waals surface area contributed by atoms with Gasteiger partial charge in [-0.2, -0.15) is 0 Å². The van der Waals surface area contributed by atoms with Crippen molar-refractivity contribution in [2.24, 2.45) is 22.7 Å². The van der Waals surface area contributed by atoms with Crippen molar-refractivity contribution in [2.75, 3.05) is 6.61 Å². The molecular formula is C36H52O13. The van der Waals surface area contributed by atoms with Crippen molar-refractivity contribution in [1.29, 1.82) is 0 Å². The number of ether oxygens (including phenoxy) is 4. The number of hydrogen-bond donors (Lipinski definition) is 7. The van der Waals surface area contributed by atoms with Crippen LogP contribution < -0.4 is 5.63 Å². The van der Waals surface area contributed by atoms with Gasteiger partial charge >= 0.3 is 5.63 Å². The molecule has 5 fully saturated rings. The third-order valence-corrected chi connectivity index (χ3v) is 13.6. The van der Waals surface area contributed by atoms with Crippen LogP contribution in [0.3, 0.4) is 0 Å². The van der Waals surface area contributed by atoms with Crippen molar-refractivity contribution in [1.82, 2.24) is 0 Å². The molecule has 13 heteroatoms. The zero-order valence-corrected chi connectivity index (χ0v) is 28.3. The highest BCUT2D eigenvalue weighted by molar-refractivity contribution is 5.31. The molecule has 0 radical (unpaired) electrons. The predicted octanol–water partition coefficient (Wildman–Crippen LogP) is 0.838. The Morgan fingerprint density at radius 3 is 2.29 bits per heavy atom. The normalized spacial score (nSPS) is 51.3. The van der Waals surface area contributed by atoms with Crippen LogP contribution in [0.2, 0.25) is 0 Å². The first-order valence-electron chi connectivity index (χ1n) is 17.9. The van der Waals surface area contributed by atoms with Crippen LogP contribution in [0.25, 0.3) is 0 Å². The second-order valence-electron chi connectivity index (χ2n) is 15.9. The monoisotopic (exact) mass is 692 g/mol. The van der Waals surface area contributed by atoms with Gasteiger partial charge in [0.05, 0.1) is 30.7 Å². The maximum Gasteiger partial charge on any atom is 0.335 e. The maximum absolute atomic E-state index is 12.5. The summed E-state index contributed by atoms with van der Waals surface area (Å²) >= 11 is 0. The highest BCUT2D eigenvalue weighted by atomic mass is 16.7. The Kier molecular flexibility index (Phi) is 9.48. The SMILES string of the molecule is C[C@@H]1O[C@@H](O[C@@H]2C=C3CC[C@H]4[C@H](CC[C@]5(C)[C@@H](c6ccc(=O)oc6)CC[C@]45O)[C@@]3(C)CC2)[C@H](O)[C@H](O)[C@H]1O[C@@H]1O[C@H](CO)[C@@H](O)[C@H](O)[C@H]1O. The summed E-state index contributed by atoms with van der Waals surface area (Å²) < 4.78 is 28.7. The van der Waals surface area contributed by atoms with E-state index in [-0.39, 0.29) is 34.4 Å². The van der Waals surface area contributed by atoms with Crippen molar-refractivity contribution >= 4 is 0 Å². The predicted molar refractivity (Wildman–Crippen MR) is 171 cm³/mol. The molecular weight excluding hydrogens is 640 g/mol. The molecule has 13 nitrogen and oxygen atoms in total. The van der Waals surface area contributed by atoms with Gasteiger partial charge in [-0.1, -0.05) is 25.5 Å². The van der Waals surface area contributed by atoms with Crippen molar-refractivity contribution in [3.63, 3.8) is 0 Å². The number of rotatable bonds is 6. The van der Waals surface area contributed by atoms with E-state index in [1.807, 2.05) is 6.07 Å². The Balaban J connectivity index is 1.01. The molecule has 4 aliphatic carbocycles. The molecule has 2 aliphatic heterocycles. The van der Waals surface area contributed by atoms with Gasteiger partial charge in [-0.3, -0.25) is 0 Å². The van der Waals surface area contributed by atoms with Gasteiger partial charge in [-0.05, 0) is 93.1 Å². The average Bonchev–Trinajstić information content (AvgIpc) is 3.36. The van der Waals surface area contributed by atoms with Crippen LogP contribution in [0, 0.1) is 22.7 Å². The molecule has 1 aromatic heterocycles. The third-order valence-electron chi connectivity index (χ3n) is 13.6. The van der Waals surface area contributed by atoms with E-state index in [9.17, 15) is 40.5 Å². The molecule has 0 spiro atoms. The van der Waals surface area contributed by atoms with Gasteiger partial charge < -0.3 is 59.1 Å². The third kappa shape index (κ3) is 5.68. The molecule has 7 rings (SSSR count). The smallest absolute Gasteiger partial charge is 0.335 e. The van der Waals surface area contributed by atoms with E-state index < -0.39 is 73.6 Å². The van der Waals surface area contributed by atoms with Crippen LogP contribution in [0.1, 0.15) is 83.6 Å². The Hall–Kier alpha value is -1.75. The lowest BCUT2D eigenvalue weighted by Gasteiger charge is -2.62. The molecule has 0 amide bonds. The molecule has 3 heterocycles. The van der Waals surface area contributed by atoms with Crippen molar-refractivity contribution in [2.45, 2.75) is 151 Å². The molecule has 6 aliphatic rings. The van der Waals surface area contributed by atoms with Crippen LogP contribution in [-0.4, -0.2) is 115 Å². The molecule has 1 aromatic rings. The van der Waals surface area contributed by atoms with Gasteiger partial charge in [0.1, 0.15) is 42.7 Å². The van der Waals surface area contributed by atoms with E-state index in [2.05, 4.69) is 19.9 Å². The first-order chi connectivity index (χ1) is 23.2. The van der Waals surface area contributed by atoms with Crippen molar-refractivity contribution < 1.29 is 59.1 Å². The van der Waals surface area contributed by atoms with Gasteiger partial charge in [-0.25, -0.2) is 4.79 Å². The summed E-state index contributed by atoms with van der Waals surface area (Å²) in [6, 6.07) is 3.32. The Bertz CT molecular complexity index is 1430. The van der Waals surface area contributed by atoms with Gasteiger partial charge in [0.2, 0.25) is 0 Å². The lowest BCUT2D eigenvalue weighted by Crippen LogP contribution is -2.64. The largest absolute Gasteiger partial charge is 0.431 e. The molecule has 3 saturated carbocycles. The summed E-state index contributed by atoms with van der Waals surface area (Å²) in [5, 5.41) is 74.7. The van der Waals surface area contributed by atoms with E-state index in [0.29, 0.717) is 18.8 Å². The van der Waals surface area contributed by atoms with Gasteiger partial charge in [0.15, 0.2) is 12.6 Å². The van der Waals surface area contributed by atoms with E-state index in [0.717, 1.165) is 44.1 Å².